The van der Waals surface area contributed by atoms with E-state index in [9.17, 15) is 13.6 Å². The topological polar surface area (TPSA) is 86.0 Å². The molecule has 1 amide bonds. The molecule has 8 nitrogen and oxygen atoms in total. The molecule has 3 aromatic rings. The number of amides is 1. The highest BCUT2D eigenvalue weighted by atomic mass is 32.2. The fraction of sp³-hybridized carbons (Fsp3) is 0.278. The molecular weight excluding hydrogens is 402 g/mol. The van der Waals surface area contributed by atoms with Gasteiger partial charge in [0.15, 0.2) is 0 Å². The van der Waals surface area contributed by atoms with E-state index in [-0.39, 0.29) is 17.4 Å². The van der Waals surface area contributed by atoms with Crippen LogP contribution >= 0.6 is 11.8 Å². The fourth-order valence-electron chi connectivity index (χ4n) is 3.01. The van der Waals surface area contributed by atoms with E-state index in [4.69, 9.17) is 4.74 Å². The summed E-state index contributed by atoms with van der Waals surface area (Å²) in [5.74, 6) is 0.00468. The molecule has 1 aromatic carbocycles. The SMILES string of the molecule is CNCCn1cc(-n2cccn2)c(-c2cc3c(cc2OC(F)F)NC(=O)CS3)n1. The molecule has 4 rings (SSSR count). The van der Waals surface area contributed by atoms with Crippen LogP contribution in [0.5, 0.6) is 5.75 Å². The first-order chi connectivity index (χ1) is 14.0. The van der Waals surface area contributed by atoms with Gasteiger partial charge in [0.05, 0.1) is 24.2 Å². The first-order valence-electron chi connectivity index (χ1n) is 8.83. The molecule has 0 bridgehead atoms. The van der Waals surface area contributed by atoms with Crippen LogP contribution in [0.25, 0.3) is 16.9 Å². The Morgan fingerprint density at radius 1 is 1.41 bits per heavy atom. The third-order valence-corrected chi connectivity index (χ3v) is 5.33. The number of nitrogens with one attached hydrogen (secondary N) is 2. The Morgan fingerprint density at radius 2 is 2.28 bits per heavy atom. The van der Waals surface area contributed by atoms with Gasteiger partial charge in [-0.25, -0.2) is 4.68 Å². The largest absolute Gasteiger partial charge is 0.434 e. The van der Waals surface area contributed by atoms with Crippen LogP contribution in [0, 0.1) is 0 Å². The van der Waals surface area contributed by atoms with Crippen molar-refractivity contribution in [2.75, 3.05) is 24.7 Å². The number of carbonyl (C=O) groups excluding carboxylic acids is 1. The van der Waals surface area contributed by atoms with Gasteiger partial charge in [0, 0.05) is 35.5 Å². The summed E-state index contributed by atoms with van der Waals surface area (Å²) in [6, 6.07) is 4.90. The summed E-state index contributed by atoms with van der Waals surface area (Å²) in [5.41, 5.74) is 1.94. The predicted molar refractivity (Wildman–Crippen MR) is 105 cm³/mol. The first-order valence-corrected chi connectivity index (χ1v) is 9.81. The van der Waals surface area contributed by atoms with Gasteiger partial charge in [-0.05, 0) is 19.2 Å². The van der Waals surface area contributed by atoms with Gasteiger partial charge in [-0.3, -0.25) is 9.48 Å². The Kier molecular flexibility index (Phi) is 5.49. The minimum absolute atomic E-state index is 0.0613. The number of halogens is 2. The van der Waals surface area contributed by atoms with Crippen molar-refractivity contribution in [3.05, 3.63) is 36.8 Å². The van der Waals surface area contributed by atoms with Crippen molar-refractivity contribution in [2.24, 2.45) is 0 Å². The van der Waals surface area contributed by atoms with E-state index >= 15 is 0 Å². The third kappa shape index (κ3) is 4.10. The van der Waals surface area contributed by atoms with Crippen LogP contribution in [0.15, 0.2) is 41.7 Å². The van der Waals surface area contributed by atoms with E-state index in [1.165, 1.54) is 17.8 Å². The Bertz CT molecular complexity index is 1020. The minimum Gasteiger partial charge on any atom is -0.434 e. The zero-order valence-corrected chi connectivity index (χ0v) is 16.2. The molecule has 152 valence electrons. The number of hydrogen-bond acceptors (Lipinski definition) is 6. The number of aromatic nitrogens is 4. The second-order valence-corrected chi connectivity index (χ2v) is 7.26. The van der Waals surface area contributed by atoms with Crippen LogP contribution in [0.3, 0.4) is 0 Å². The summed E-state index contributed by atoms with van der Waals surface area (Å²) >= 11 is 1.34. The Hall–Kier alpha value is -2.92. The number of thioether (sulfide) groups is 1. The molecule has 0 radical (unpaired) electrons. The minimum atomic E-state index is -3.02. The maximum Gasteiger partial charge on any atom is 0.387 e. The smallest absolute Gasteiger partial charge is 0.387 e. The van der Waals surface area contributed by atoms with Gasteiger partial charge < -0.3 is 15.4 Å². The lowest BCUT2D eigenvalue weighted by Crippen LogP contribution is -2.19. The molecule has 1 aliphatic heterocycles. The number of likely N-dealkylation sites (N-methyl/N-ethyl adjacent to an activating group) is 1. The lowest BCUT2D eigenvalue weighted by atomic mass is 10.1. The van der Waals surface area contributed by atoms with Gasteiger partial charge in [0.25, 0.3) is 0 Å². The summed E-state index contributed by atoms with van der Waals surface area (Å²) in [5, 5.41) is 14.6. The molecular formula is C18H18F2N6O2S. The number of benzene rings is 1. The molecule has 0 aliphatic carbocycles. The highest BCUT2D eigenvalue weighted by Crippen LogP contribution is 2.42. The average Bonchev–Trinajstić information content (AvgIpc) is 3.35. The van der Waals surface area contributed by atoms with Crippen LogP contribution in [-0.2, 0) is 11.3 Å². The summed E-state index contributed by atoms with van der Waals surface area (Å²) in [6.45, 7) is -1.74. The van der Waals surface area contributed by atoms with E-state index in [0.717, 1.165) is 4.90 Å². The molecule has 0 saturated heterocycles. The van der Waals surface area contributed by atoms with Crippen LogP contribution in [0.2, 0.25) is 0 Å². The molecule has 0 atom stereocenters. The number of hydrogen-bond donors (Lipinski definition) is 2. The normalized spacial score (nSPS) is 13.4. The van der Waals surface area contributed by atoms with E-state index in [1.54, 1.807) is 40.1 Å². The molecule has 11 heteroatoms. The molecule has 0 unspecified atom stereocenters. The van der Waals surface area contributed by atoms with Crippen LogP contribution in [-0.4, -0.2) is 51.4 Å². The number of alkyl halides is 2. The molecule has 0 fully saturated rings. The number of fused-ring (bicyclic) bond motifs is 1. The Morgan fingerprint density at radius 3 is 3.00 bits per heavy atom. The summed E-state index contributed by atoms with van der Waals surface area (Å²) in [6.07, 6.45) is 5.19. The molecule has 3 heterocycles. The van der Waals surface area contributed by atoms with Crippen molar-refractivity contribution in [3.63, 3.8) is 0 Å². The number of carbonyl (C=O) groups is 1. The first kappa shape index (κ1) is 19.4. The molecule has 29 heavy (non-hydrogen) atoms. The monoisotopic (exact) mass is 420 g/mol. The number of ether oxygens (including phenoxy) is 1. The third-order valence-electron chi connectivity index (χ3n) is 4.27. The van der Waals surface area contributed by atoms with Crippen LogP contribution < -0.4 is 15.4 Å². The molecule has 0 saturated carbocycles. The maximum absolute atomic E-state index is 13.1. The fourth-order valence-corrected chi connectivity index (χ4v) is 3.83. The molecule has 2 N–H and O–H groups in total. The zero-order chi connectivity index (χ0) is 20.4. The second kappa shape index (κ2) is 8.21. The van der Waals surface area contributed by atoms with Gasteiger partial charge >= 0.3 is 6.61 Å². The van der Waals surface area contributed by atoms with Gasteiger partial charge in [-0.15, -0.1) is 11.8 Å². The summed E-state index contributed by atoms with van der Waals surface area (Å²) in [4.78, 5) is 12.4. The van der Waals surface area contributed by atoms with Crippen molar-refractivity contribution < 1.29 is 18.3 Å². The molecule has 0 spiro atoms. The zero-order valence-electron chi connectivity index (χ0n) is 15.4. The van der Waals surface area contributed by atoms with Gasteiger partial charge in [0.2, 0.25) is 5.91 Å². The average molecular weight is 420 g/mol. The van der Waals surface area contributed by atoms with Crippen molar-refractivity contribution in [3.8, 4) is 22.7 Å². The molecule has 2 aromatic heterocycles. The maximum atomic E-state index is 13.1. The Balaban J connectivity index is 1.86. The highest BCUT2D eigenvalue weighted by molar-refractivity contribution is 8.00. The van der Waals surface area contributed by atoms with Crippen LogP contribution in [0.4, 0.5) is 14.5 Å². The quantitative estimate of drug-likeness (QED) is 0.611. The number of anilines is 1. The van der Waals surface area contributed by atoms with E-state index in [0.29, 0.717) is 35.7 Å². The van der Waals surface area contributed by atoms with E-state index < -0.39 is 6.61 Å². The van der Waals surface area contributed by atoms with Crippen LogP contribution in [0.1, 0.15) is 0 Å². The van der Waals surface area contributed by atoms with Gasteiger partial charge in [-0.1, -0.05) is 0 Å². The highest BCUT2D eigenvalue weighted by Gasteiger charge is 2.24. The lowest BCUT2D eigenvalue weighted by molar-refractivity contribution is -0.113. The second-order valence-electron chi connectivity index (χ2n) is 6.24. The standard InChI is InChI=1S/C18H18F2N6O2S/c1-21-4-6-25-9-13(26-5-2-3-22-26)17(24-25)11-7-15-12(23-16(27)10-29-15)8-14(11)28-18(19)20/h2-3,5,7-9,18,21H,4,6,10H2,1H3,(H,23,27). The molecule has 1 aliphatic rings. The van der Waals surface area contributed by atoms with Gasteiger partial charge in [-0.2, -0.15) is 19.0 Å². The summed E-state index contributed by atoms with van der Waals surface area (Å²) < 4.78 is 34.3. The van der Waals surface area contributed by atoms with Crippen molar-refractivity contribution >= 4 is 23.4 Å². The predicted octanol–water partition coefficient (Wildman–Crippen LogP) is 2.60. The van der Waals surface area contributed by atoms with E-state index in [2.05, 4.69) is 20.8 Å². The number of rotatable bonds is 7. The van der Waals surface area contributed by atoms with Crippen molar-refractivity contribution in [2.45, 2.75) is 18.1 Å². The van der Waals surface area contributed by atoms with Crippen molar-refractivity contribution in [1.29, 1.82) is 0 Å². The lowest BCUT2D eigenvalue weighted by Gasteiger charge is -2.20. The Labute approximate surface area is 169 Å². The van der Waals surface area contributed by atoms with Crippen molar-refractivity contribution in [1.82, 2.24) is 24.9 Å². The van der Waals surface area contributed by atoms with Gasteiger partial charge in [0.1, 0.15) is 17.1 Å². The summed E-state index contributed by atoms with van der Waals surface area (Å²) in [7, 11) is 1.84. The van der Waals surface area contributed by atoms with E-state index in [1.807, 2.05) is 7.05 Å². The number of nitrogens with zero attached hydrogens (tertiary/aromatic N) is 4.